The summed E-state index contributed by atoms with van der Waals surface area (Å²) in [5, 5.41) is 7.41. The van der Waals surface area contributed by atoms with Crippen LogP contribution < -0.4 is 4.74 Å². The van der Waals surface area contributed by atoms with E-state index in [2.05, 4.69) is 10.2 Å². The predicted molar refractivity (Wildman–Crippen MR) is 63.0 cm³/mol. The fourth-order valence-corrected chi connectivity index (χ4v) is 1.57. The SMILES string of the molecule is COc1ccc(CC(=O)c2c(F)cccc2F)nn1. The number of methoxy groups -OCH3 is 1. The van der Waals surface area contributed by atoms with Crippen LogP contribution in [0.3, 0.4) is 0 Å². The summed E-state index contributed by atoms with van der Waals surface area (Å²) < 4.78 is 31.6. The molecule has 0 radical (unpaired) electrons. The third-order valence-corrected chi connectivity index (χ3v) is 2.49. The standard InChI is InChI=1S/C13H10F2N2O2/c1-19-12-6-5-8(16-17-12)7-11(18)13-9(14)3-2-4-10(13)15/h2-6H,7H2,1H3. The predicted octanol–water partition coefficient (Wildman–Crippen LogP) is 2.19. The van der Waals surface area contributed by atoms with Gasteiger partial charge in [0, 0.05) is 6.07 Å². The molecule has 1 aromatic carbocycles. The summed E-state index contributed by atoms with van der Waals surface area (Å²) in [5.41, 5.74) is -0.242. The number of hydrogen-bond acceptors (Lipinski definition) is 4. The first-order chi connectivity index (χ1) is 9.11. The van der Waals surface area contributed by atoms with Crippen molar-refractivity contribution in [1.82, 2.24) is 10.2 Å². The van der Waals surface area contributed by atoms with Crippen LogP contribution in [0.2, 0.25) is 0 Å². The van der Waals surface area contributed by atoms with Gasteiger partial charge in [0.05, 0.1) is 24.8 Å². The molecule has 4 nitrogen and oxygen atoms in total. The van der Waals surface area contributed by atoms with Crippen LogP contribution in [0.1, 0.15) is 16.1 Å². The maximum Gasteiger partial charge on any atom is 0.233 e. The van der Waals surface area contributed by atoms with E-state index in [9.17, 15) is 13.6 Å². The molecule has 0 aliphatic heterocycles. The van der Waals surface area contributed by atoms with Gasteiger partial charge < -0.3 is 4.74 Å². The van der Waals surface area contributed by atoms with Crippen molar-refractivity contribution < 1.29 is 18.3 Å². The maximum atomic E-state index is 13.4. The molecule has 0 fully saturated rings. The smallest absolute Gasteiger partial charge is 0.233 e. The molecule has 98 valence electrons. The second-order valence-corrected chi connectivity index (χ2v) is 3.76. The Labute approximate surface area is 108 Å². The number of halogens is 2. The minimum Gasteiger partial charge on any atom is -0.480 e. The topological polar surface area (TPSA) is 52.1 Å². The number of rotatable bonds is 4. The van der Waals surface area contributed by atoms with Gasteiger partial charge in [0.2, 0.25) is 5.88 Å². The number of hydrogen-bond donors (Lipinski definition) is 0. The van der Waals surface area contributed by atoms with E-state index in [1.54, 1.807) is 0 Å². The van der Waals surface area contributed by atoms with E-state index in [-0.39, 0.29) is 6.42 Å². The molecule has 0 atom stereocenters. The summed E-state index contributed by atoms with van der Waals surface area (Å²) in [6.45, 7) is 0. The highest BCUT2D eigenvalue weighted by atomic mass is 19.1. The molecule has 0 aliphatic carbocycles. The van der Waals surface area contributed by atoms with Gasteiger partial charge in [0.25, 0.3) is 0 Å². The van der Waals surface area contributed by atoms with Gasteiger partial charge in [-0.1, -0.05) is 6.07 Å². The van der Waals surface area contributed by atoms with Gasteiger partial charge in [0.15, 0.2) is 5.78 Å². The number of benzene rings is 1. The Morgan fingerprint density at radius 1 is 1.16 bits per heavy atom. The minimum atomic E-state index is -0.883. The van der Waals surface area contributed by atoms with E-state index in [0.717, 1.165) is 12.1 Å². The Balaban J connectivity index is 2.21. The molecule has 0 amide bonds. The lowest BCUT2D eigenvalue weighted by atomic mass is 10.1. The van der Waals surface area contributed by atoms with E-state index in [4.69, 9.17) is 4.74 Å². The van der Waals surface area contributed by atoms with E-state index >= 15 is 0 Å². The van der Waals surface area contributed by atoms with Crippen molar-refractivity contribution in [2.24, 2.45) is 0 Å². The summed E-state index contributed by atoms with van der Waals surface area (Å²) in [7, 11) is 1.43. The summed E-state index contributed by atoms with van der Waals surface area (Å²) >= 11 is 0. The molecule has 0 aliphatic rings. The van der Waals surface area contributed by atoms with Crippen LogP contribution >= 0.6 is 0 Å². The summed E-state index contributed by atoms with van der Waals surface area (Å²) in [6.07, 6.45) is -0.227. The van der Waals surface area contributed by atoms with Gasteiger partial charge in [-0.05, 0) is 18.2 Å². The van der Waals surface area contributed by atoms with Gasteiger partial charge in [0.1, 0.15) is 11.6 Å². The van der Waals surface area contributed by atoms with Crippen LogP contribution in [0.25, 0.3) is 0 Å². The van der Waals surface area contributed by atoms with Crippen molar-refractivity contribution in [2.45, 2.75) is 6.42 Å². The van der Waals surface area contributed by atoms with E-state index in [1.165, 1.54) is 25.3 Å². The van der Waals surface area contributed by atoms with E-state index in [1.807, 2.05) is 0 Å². The number of aromatic nitrogens is 2. The third-order valence-electron chi connectivity index (χ3n) is 2.49. The Kier molecular flexibility index (Phi) is 3.79. The maximum absolute atomic E-state index is 13.4. The van der Waals surface area contributed by atoms with Gasteiger partial charge in [-0.2, -0.15) is 5.10 Å². The molecule has 0 saturated carbocycles. The van der Waals surface area contributed by atoms with Crippen molar-refractivity contribution in [3.05, 3.63) is 53.2 Å². The minimum absolute atomic E-state index is 0.227. The number of carbonyl (C=O) groups excluding carboxylic acids is 1. The van der Waals surface area contributed by atoms with Crippen LogP contribution in [0.4, 0.5) is 8.78 Å². The first-order valence-corrected chi connectivity index (χ1v) is 5.45. The fraction of sp³-hybridized carbons (Fsp3) is 0.154. The van der Waals surface area contributed by atoms with E-state index < -0.39 is 23.0 Å². The quantitative estimate of drug-likeness (QED) is 0.794. The lowest BCUT2D eigenvalue weighted by Gasteiger charge is -2.04. The van der Waals surface area contributed by atoms with Gasteiger partial charge in [-0.25, -0.2) is 8.78 Å². The van der Waals surface area contributed by atoms with Gasteiger partial charge >= 0.3 is 0 Å². The Morgan fingerprint density at radius 3 is 2.37 bits per heavy atom. The third kappa shape index (κ3) is 2.90. The van der Waals surface area contributed by atoms with Crippen molar-refractivity contribution >= 4 is 5.78 Å². The Hall–Kier alpha value is -2.37. The normalized spacial score (nSPS) is 10.3. The van der Waals surface area contributed by atoms with Crippen LogP contribution in [0, 0.1) is 11.6 Å². The molecule has 0 spiro atoms. The highest BCUT2D eigenvalue weighted by molar-refractivity contribution is 5.97. The molecule has 19 heavy (non-hydrogen) atoms. The number of nitrogens with zero attached hydrogens (tertiary/aromatic N) is 2. The largest absolute Gasteiger partial charge is 0.480 e. The van der Waals surface area contributed by atoms with E-state index in [0.29, 0.717) is 11.6 Å². The first kappa shape index (κ1) is 13.1. The Morgan fingerprint density at radius 2 is 1.84 bits per heavy atom. The molecule has 2 aromatic rings. The second-order valence-electron chi connectivity index (χ2n) is 3.76. The molecule has 2 rings (SSSR count). The number of ether oxygens (including phenoxy) is 1. The number of carbonyl (C=O) groups is 1. The monoisotopic (exact) mass is 264 g/mol. The molecule has 0 saturated heterocycles. The van der Waals surface area contributed by atoms with Crippen LogP contribution in [0.15, 0.2) is 30.3 Å². The average Bonchev–Trinajstić information content (AvgIpc) is 2.39. The molecular formula is C13H10F2N2O2. The van der Waals surface area contributed by atoms with Crippen molar-refractivity contribution in [1.29, 1.82) is 0 Å². The lowest BCUT2D eigenvalue weighted by Crippen LogP contribution is -2.10. The number of Topliss-reactive ketones (excluding diaryl/α,β-unsaturated/α-hetero) is 1. The van der Waals surface area contributed by atoms with Crippen LogP contribution in [0.5, 0.6) is 5.88 Å². The van der Waals surface area contributed by atoms with Crippen molar-refractivity contribution in [3.63, 3.8) is 0 Å². The summed E-state index contributed by atoms with van der Waals surface area (Å²) in [6, 6.07) is 6.32. The molecule has 1 aromatic heterocycles. The lowest BCUT2D eigenvalue weighted by molar-refractivity contribution is 0.0983. The number of ketones is 1. The Bertz CT molecular complexity index is 580. The zero-order chi connectivity index (χ0) is 13.8. The van der Waals surface area contributed by atoms with Crippen molar-refractivity contribution in [3.8, 4) is 5.88 Å². The van der Waals surface area contributed by atoms with Gasteiger partial charge in [-0.15, -0.1) is 5.10 Å². The highest BCUT2D eigenvalue weighted by Gasteiger charge is 2.17. The fourth-order valence-electron chi connectivity index (χ4n) is 1.57. The van der Waals surface area contributed by atoms with Crippen LogP contribution in [-0.2, 0) is 6.42 Å². The zero-order valence-electron chi connectivity index (χ0n) is 10.1. The molecule has 0 unspecified atom stereocenters. The zero-order valence-corrected chi connectivity index (χ0v) is 10.1. The summed E-state index contributed by atoms with van der Waals surface area (Å²) in [5.74, 6) is -2.15. The van der Waals surface area contributed by atoms with Crippen molar-refractivity contribution in [2.75, 3.05) is 7.11 Å². The molecule has 0 bridgehead atoms. The highest BCUT2D eigenvalue weighted by Crippen LogP contribution is 2.15. The van der Waals surface area contributed by atoms with Crippen LogP contribution in [-0.4, -0.2) is 23.1 Å². The summed E-state index contributed by atoms with van der Waals surface area (Å²) in [4.78, 5) is 11.8. The molecule has 1 heterocycles. The molecular weight excluding hydrogens is 254 g/mol. The molecule has 0 N–H and O–H groups in total. The molecule has 6 heteroatoms. The average molecular weight is 264 g/mol. The first-order valence-electron chi connectivity index (χ1n) is 5.45. The van der Waals surface area contributed by atoms with Gasteiger partial charge in [-0.3, -0.25) is 4.79 Å². The second kappa shape index (κ2) is 5.51.